The summed E-state index contributed by atoms with van der Waals surface area (Å²) < 4.78 is 0. The largest absolute Gasteiger partial charge is 0.328 e. The van der Waals surface area contributed by atoms with Crippen LogP contribution < -0.4 is 11.1 Å². The van der Waals surface area contributed by atoms with Gasteiger partial charge in [0, 0.05) is 11.7 Å². The lowest BCUT2D eigenvalue weighted by molar-refractivity contribution is -0.117. The number of amides is 1. The van der Waals surface area contributed by atoms with E-state index < -0.39 is 0 Å². The van der Waals surface area contributed by atoms with Crippen molar-refractivity contribution in [3.63, 3.8) is 0 Å². The zero-order chi connectivity index (χ0) is 15.2. The lowest BCUT2D eigenvalue weighted by Gasteiger charge is -2.33. The minimum Gasteiger partial charge on any atom is -0.328 e. The van der Waals surface area contributed by atoms with Gasteiger partial charge in [0.25, 0.3) is 0 Å². The fraction of sp³-hybridized carbons (Fsp3) is 0.500. The van der Waals surface area contributed by atoms with Crippen molar-refractivity contribution in [1.82, 2.24) is 4.90 Å². The van der Waals surface area contributed by atoms with Crippen molar-refractivity contribution in [3.05, 3.63) is 29.8 Å². The van der Waals surface area contributed by atoms with E-state index >= 15 is 0 Å². The number of likely N-dealkylation sites (tertiary alicyclic amines) is 1. The van der Waals surface area contributed by atoms with Gasteiger partial charge in [0.1, 0.15) is 0 Å². The minimum atomic E-state index is -0.0149. The molecular formula is C16H22N4O. The predicted octanol–water partition coefficient (Wildman–Crippen LogP) is 1.56. The van der Waals surface area contributed by atoms with Crippen LogP contribution in [0.3, 0.4) is 0 Å². The fourth-order valence-electron chi connectivity index (χ4n) is 2.67. The Kier molecular flexibility index (Phi) is 5.32. The maximum Gasteiger partial charge on any atom is 0.238 e. The van der Waals surface area contributed by atoms with Crippen molar-refractivity contribution in [3.8, 4) is 6.07 Å². The monoisotopic (exact) mass is 286 g/mol. The van der Waals surface area contributed by atoms with Gasteiger partial charge in [0.15, 0.2) is 0 Å². The van der Waals surface area contributed by atoms with Gasteiger partial charge in [0.2, 0.25) is 5.91 Å². The molecule has 0 bridgehead atoms. The molecule has 1 aromatic carbocycles. The van der Waals surface area contributed by atoms with Crippen molar-refractivity contribution >= 4 is 11.6 Å². The average molecular weight is 286 g/mol. The van der Waals surface area contributed by atoms with Gasteiger partial charge in [-0.1, -0.05) is 0 Å². The Morgan fingerprint density at radius 3 is 2.57 bits per heavy atom. The Morgan fingerprint density at radius 2 is 2.05 bits per heavy atom. The zero-order valence-corrected chi connectivity index (χ0v) is 12.4. The van der Waals surface area contributed by atoms with Crippen molar-refractivity contribution < 1.29 is 4.79 Å². The number of nitriles is 1. The van der Waals surface area contributed by atoms with E-state index in [2.05, 4.69) is 23.2 Å². The van der Waals surface area contributed by atoms with Gasteiger partial charge in [-0.25, -0.2) is 0 Å². The van der Waals surface area contributed by atoms with Crippen LogP contribution in [0.15, 0.2) is 24.3 Å². The molecule has 5 heteroatoms. The van der Waals surface area contributed by atoms with Crippen LogP contribution in [-0.2, 0) is 4.79 Å². The maximum absolute atomic E-state index is 12.0. The highest BCUT2D eigenvalue weighted by Crippen LogP contribution is 2.19. The van der Waals surface area contributed by atoms with Crippen molar-refractivity contribution in [2.24, 2.45) is 11.7 Å². The first-order valence-corrected chi connectivity index (χ1v) is 7.36. The summed E-state index contributed by atoms with van der Waals surface area (Å²) in [6, 6.07) is 9.18. The Hall–Kier alpha value is -1.90. The van der Waals surface area contributed by atoms with Crippen LogP contribution in [0.5, 0.6) is 0 Å². The third kappa shape index (κ3) is 4.55. The molecule has 0 aliphatic carbocycles. The minimum absolute atomic E-state index is 0.0149. The molecule has 1 aliphatic rings. The molecule has 1 atom stereocenters. The second-order valence-corrected chi connectivity index (χ2v) is 5.71. The summed E-state index contributed by atoms with van der Waals surface area (Å²) in [5, 5.41) is 11.6. The molecule has 0 saturated carbocycles. The van der Waals surface area contributed by atoms with Crippen molar-refractivity contribution in [1.29, 1.82) is 5.26 Å². The first-order chi connectivity index (χ1) is 10.1. The van der Waals surface area contributed by atoms with Gasteiger partial charge >= 0.3 is 0 Å². The Balaban J connectivity index is 1.78. The van der Waals surface area contributed by atoms with Gasteiger partial charge in [-0.2, -0.15) is 5.26 Å². The number of carbonyl (C=O) groups excluding carboxylic acids is 1. The van der Waals surface area contributed by atoms with Gasteiger partial charge in [0.05, 0.1) is 18.2 Å². The van der Waals surface area contributed by atoms with E-state index in [-0.39, 0.29) is 11.9 Å². The number of nitrogens with zero attached hydrogens (tertiary/aromatic N) is 2. The van der Waals surface area contributed by atoms with Crippen molar-refractivity contribution in [2.75, 3.05) is 25.0 Å². The lowest BCUT2D eigenvalue weighted by atomic mass is 9.91. The second kappa shape index (κ2) is 7.21. The molecule has 1 unspecified atom stereocenters. The van der Waals surface area contributed by atoms with Crippen LogP contribution in [0.25, 0.3) is 0 Å². The highest BCUT2D eigenvalue weighted by molar-refractivity contribution is 5.92. The molecular weight excluding hydrogens is 264 g/mol. The SMILES string of the molecule is CC(N)C1CCN(CC(=O)Nc2ccc(C#N)cc2)CC1. The number of rotatable bonds is 4. The molecule has 0 spiro atoms. The van der Waals surface area contributed by atoms with E-state index in [0.717, 1.165) is 31.6 Å². The van der Waals surface area contributed by atoms with Crippen LogP contribution >= 0.6 is 0 Å². The smallest absolute Gasteiger partial charge is 0.238 e. The van der Waals surface area contributed by atoms with Gasteiger partial charge in [-0.3, -0.25) is 9.69 Å². The van der Waals surface area contributed by atoms with Crippen LogP contribution in [0.1, 0.15) is 25.3 Å². The van der Waals surface area contributed by atoms with Crippen LogP contribution in [0.2, 0.25) is 0 Å². The molecule has 2 rings (SSSR count). The summed E-state index contributed by atoms with van der Waals surface area (Å²) >= 11 is 0. The van der Waals surface area contributed by atoms with Gasteiger partial charge < -0.3 is 11.1 Å². The molecule has 112 valence electrons. The summed E-state index contributed by atoms with van der Waals surface area (Å²) in [6.45, 7) is 4.31. The third-order valence-corrected chi connectivity index (χ3v) is 4.04. The normalized spacial score (nSPS) is 18.0. The molecule has 1 fully saturated rings. The number of hydrogen-bond donors (Lipinski definition) is 2. The number of nitrogens with two attached hydrogens (primary N) is 1. The van der Waals surface area contributed by atoms with E-state index in [9.17, 15) is 4.79 Å². The predicted molar refractivity (Wildman–Crippen MR) is 82.6 cm³/mol. The highest BCUT2D eigenvalue weighted by Gasteiger charge is 2.22. The number of anilines is 1. The van der Waals surface area contributed by atoms with E-state index in [1.165, 1.54) is 0 Å². The van der Waals surface area contributed by atoms with E-state index in [1.54, 1.807) is 24.3 Å². The lowest BCUT2D eigenvalue weighted by Crippen LogP contribution is -2.42. The second-order valence-electron chi connectivity index (χ2n) is 5.71. The summed E-state index contributed by atoms with van der Waals surface area (Å²) in [7, 11) is 0. The number of nitrogens with one attached hydrogen (secondary N) is 1. The maximum atomic E-state index is 12.0. The van der Waals surface area contributed by atoms with Crippen LogP contribution in [0, 0.1) is 17.2 Å². The van der Waals surface area contributed by atoms with E-state index in [1.807, 2.05) is 0 Å². The summed E-state index contributed by atoms with van der Waals surface area (Å²) in [6.07, 6.45) is 2.11. The molecule has 1 aliphatic heterocycles. The van der Waals surface area contributed by atoms with Crippen LogP contribution in [-0.4, -0.2) is 36.5 Å². The van der Waals surface area contributed by atoms with Gasteiger partial charge in [-0.05, 0) is 63.0 Å². The number of piperidine rings is 1. The third-order valence-electron chi connectivity index (χ3n) is 4.04. The van der Waals surface area contributed by atoms with E-state index in [0.29, 0.717) is 18.0 Å². The first kappa shape index (κ1) is 15.5. The number of benzene rings is 1. The number of carbonyl (C=O) groups is 1. The summed E-state index contributed by atoms with van der Waals surface area (Å²) in [5.41, 5.74) is 7.23. The van der Waals surface area contributed by atoms with Crippen LogP contribution in [0.4, 0.5) is 5.69 Å². The molecule has 0 aromatic heterocycles. The molecule has 3 N–H and O–H groups in total. The highest BCUT2D eigenvalue weighted by atomic mass is 16.2. The average Bonchev–Trinajstić information content (AvgIpc) is 2.48. The summed E-state index contributed by atoms with van der Waals surface area (Å²) in [4.78, 5) is 14.2. The molecule has 1 aromatic rings. The molecule has 1 amide bonds. The Bertz CT molecular complexity index is 510. The number of hydrogen-bond acceptors (Lipinski definition) is 4. The molecule has 1 saturated heterocycles. The van der Waals surface area contributed by atoms with E-state index in [4.69, 9.17) is 11.0 Å². The van der Waals surface area contributed by atoms with Crippen molar-refractivity contribution in [2.45, 2.75) is 25.8 Å². The first-order valence-electron chi connectivity index (χ1n) is 7.36. The Morgan fingerprint density at radius 1 is 1.43 bits per heavy atom. The molecule has 0 radical (unpaired) electrons. The molecule has 5 nitrogen and oxygen atoms in total. The standard InChI is InChI=1S/C16H22N4O/c1-12(18)14-6-8-20(9-7-14)11-16(21)19-15-4-2-13(10-17)3-5-15/h2-5,12,14H,6-9,11,18H2,1H3,(H,19,21). The van der Waals surface area contributed by atoms with Gasteiger partial charge in [-0.15, -0.1) is 0 Å². The summed E-state index contributed by atoms with van der Waals surface area (Å²) in [5.74, 6) is 0.557. The molecule has 21 heavy (non-hydrogen) atoms. The quantitative estimate of drug-likeness (QED) is 0.880. The molecule has 1 heterocycles. The zero-order valence-electron chi connectivity index (χ0n) is 12.4. The topological polar surface area (TPSA) is 82.2 Å². The fourth-order valence-corrected chi connectivity index (χ4v) is 2.67. The Labute approximate surface area is 125 Å².